The molecule has 0 radical (unpaired) electrons. The minimum atomic E-state index is -0.185. The third-order valence-electron chi connectivity index (χ3n) is 7.46. The van der Waals surface area contributed by atoms with E-state index in [9.17, 15) is 9.59 Å². The van der Waals surface area contributed by atoms with E-state index in [0.29, 0.717) is 18.7 Å². The fraction of sp³-hybridized carbons (Fsp3) is 0.900. The van der Waals surface area contributed by atoms with Gasteiger partial charge in [0, 0.05) is 45.1 Å². The molecule has 0 N–H and O–H groups in total. The Morgan fingerprint density at radius 2 is 1.88 bits per heavy atom. The van der Waals surface area contributed by atoms with Gasteiger partial charge in [0.2, 0.25) is 11.8 Å². The third kappa shape index (κ3) is 3.32. The van der Waals surface area contributed by atoms with Crippen LogP contribution < -0.4 is 0 Å². The van der Waals surface area contributed by atoms with Crippen LogP contribution in [0, 0.1) is 11.3 Å². The van der Waals surface area contributed by atoms with Crippen molar-refractivity contribution in [1.29, 1.82) is 0 Å². The number of rotatable bonds is 5. The van der Waals surface area contributed by atoms with Crippen molar-refractivity contribution >= 4 is 11.8 Å². The summed E-state index contributed by atoms with van der Waals surface area (Å²) < 4.78 is 5.61. The van der Waals surface area contributed by atoms with E-state index in [4.69, 9.17) is 4.74 Å². The summed E-state index contributed by atoms with van der Waals surface area (Å²) in [4.78, 5) is 29.2. The van der Waals surface area contributed by atoms with Crippen molar-refractivity contribution in [2.75, 3.05) is 33.3 Å². The molecule has 2 heterocycles. The molecule has 4 rings (SSSR count). The summed E-state index contributed by atoms with van der Waals surface area (Å²) in [6.07, 6.45) is 10.3. The average Bonchev–Trinajstić information content (AvgIpc) is 2.83. The molecule has 2 saturated carbocycles. The highest BCUT2D eigenvalue weighted by Gasteiger charge is 2.47. The predicted octanol–water partition coefficient (Wildman–Crippen LogP) is 2.59. The predicted molar refractivity (Wildman–Crippen MR) is 95.0 cm³/mol. The largest absolute Gasteiger partial charge is 0.378 e. The lowest BCUT2D eigenvalue weighted by Gasteiger charge is -2.43. The van der Waals surface area contributed by atoms with E-state index in [1.807, 2.05) is 4.90 Å². The zero-order chi connectivity index (χ0) is 17.5. The van der Waals surface area contributed by atoms with Gasteiger partial charge in [0.1, 0.15) is 0 Å². The van der Waals surface area contributed by atoms with Gasteiger partial charge in [-0.15, -0.1) is 0 Å². The highest BCUT2D eigenvalue weighted by atomic mass is 16.5. The van der Waals surface area contributed by atoms with E-state index in [1.165, 1.54) is 25.7 Å². The summed E-state index contributed by atoms with van der Waals surface area (Å²) in [6.45, 7) is 3.51. The maximum atomic E-state index is 12.7. The Labute approximate surface area is 151 Å². The van der Waals surface area contributed by atoms with E-state index >= 15 is 0 Å². The molecule has 2 aliphatic heterocycles. The zero-order valence-electron chi connectivity index (χ0n) is 15.6. The number of hydrogen-bond donors (Lipinski definition) is 0. The van der Waals surface area contributed by atoms with E-state index in [-0.39, 0.29) is 16.9 Å². The standard InChI is InChI=1S/C20H32N2O3/c1-25-20(6-3-7-20)13-18(24)21-10-8-19(9-11-21)12-17(23)22(15-19)14-16-4-2-5-16/h16H,2-15H2,1H3. The number of methoxy groups -OCH3 is 1. The SMILES string of the molecule is COC1(CC(=O)N2CCC3(CC2)CC(=O)N(CC2CCC2)C3)CCC1. The minimum absolute atomic E-state index is 0.132. The maximum absolute atomic E-state index is 12.7. The molecule has 0 aromatic rings. The number of carbonyl (C=O) groups is 2. The van der Waals surface area contributed by atoms with E-state index in [2.05, 4.69) is 4.90 Å². The van der Waals surface area contributed by atoms with Crippen molar-refractivity contribution in [3.63, 3.8) is 0 Å². The van der Waals surface area contributed by atoms with Crippen LogP contribution in [0.3, 0.4) is 0 Å². The smallest absolute Gasteiger partial charge is 0.225 e. The normalized spacial score (nSPS) is 28.1. The number of piperidine rings is 1. The van der Waals surface area contributed by atoms with Gasteiger partial charge in [0.15, 0.2) is 0 Å². The molecule has 140 valence electrons. The van der Waals surface area contributed by atoms with Gasteiger partial charge < -0.3 is 14.5 Å². The molecule has 2 saturated heterocycles. The van der Waals surface area contributed by atoms with Crippen LogP contribution in [-0.2, 0) is 14.3 Å². The lowest BCUT2D eigenvalue weighted by atomic mass is 9.75. The second kappa shape index (κ2) is 6.57. The van der Waals surface area contributed by atoms with Crippen molar-refractivity contribution in [2.24, 2.45) is 11.3 Å². The van der Waals surface area contributed by atoms with E-state index in [0.717, 1.165) is 57.8 Å². The molecule has 0 aromatic carbocycles. The Morgan fingerprint density at radius 1 is 1.16 bits per heavy atom. The van der Waals surface area contributed by atoms with Gasteiger partial charge >= 0.3 is 0 Å². The molecular weight excluding hydrogens is 316 g/mol. The summed E-state index contributed by atoms with van der Waals surface area (Å²) in [5.41, 5.74) is -0.0534. The Morgan fingerprint density at radius 3 is 2.40 bits per heavy atom. The quantitative estimate of drug-likeness (QED) is 0.767. The summed E-state index contributed by atoms with van der Waals surface area (Å²) in [6, 6.07) is 0. The molecule has 2 aliphatic carbocycles. The molecule has 5 heteroatoms. The topological polar surface area (TPSA) is 49.9 Å². The Hall–Kier alpha value is -1.10. The highest BCUT2D eigenvalue weighted by Crippen LogP contribution is 2.43. The molecule has 4 aliphatic rings. The fourth-order valence-electron chi connectivity index (χ4n) is 5.11. The maximum Gasteiger partial charge on any atom is 0.225 e. The van der Waals surface area contributed by atoms with Crippen LogP contribution in [0.1, 0.15) is 64.2 Å². The molecular formula is C20H32N2O3. The second-order valence-corrected chi connectivity index (χ2v) is 9.05. The second-order valence-electron chi connectivity index (χ2n) is 9.05. The summed E-state index contributed by atoms with van der Waals surface area (Å²) in [7, 11) is 1.73. The third-order valence-corrected chi connectivity index (χ3v) is 7.46. The van der Waals surface area contributed by atoms with E-state index in [1.54, 1.807) is 7.11 Å². The average molecular weight is 348 g/mol. The summed E-state index contributed by atoms with van der Waals surface area (Å²) in [5, 5.41) is 0. The van der Waals surface area contributed by atoms with Crippen LogP contribution in [0.15, 0.2) is 0 Å². The highest BCUT2D eigenvalue weighted by molar-refractivity contribution is 5.80. The summed E-state index contributed by atoms with van der Waals surface area (Å²) >= 11 is 0. The molecule has 4 fully saturated rings. The molecule has 5 nitrogen and oxygen atoms in total. The zero-order valence-corrected chi connectivity index (χ0v) is 15.6. The lowest BCUT2D eigenvalue weighted by molar-refractivity contribution is -0.146. The van der Waals surface area contributed by atoms with Gasteiger partial charge in [-0.25, -0.2) is 0 Å². The number of amides is 2. The molecule has 1 spiro atoms. The van der Waals surface area contributed by atoms with Crippen molar-refractivity contribution < 1.29 is 14.3 Å². The van der Waals surface area contributed by atoms with Crippen LogP contribution in [0.2, 0.25) is 0 Å². The van der Waals surface area contributed by atoms with Crippen molar-refractivity contribution in [1.82, 2.24) is 9.80 Å². The molecule has 0 atom stereocenters. The van der Waals surface area contributed by atoms with Gasteiger partial charge in [-0.3, -0.25) is 9.59 Å². The Balaban J connectivity index is 1.29. The number of hydrogen-bond acceptors (Lipinski definition) is 3. The first-order valence-electron chi connectivity index (χ1n) is 10.1. The van der Waals surface area contributed by atoms with Crippen LogP contribution in [0.25, 0.3) is 0 Å². The molecule has 2 amide bonds. The fourth-order valence-corrected chi connectivity index (χ4v) is 5.11. The first kappa shape index (κ1) is 17.3. The Bertz CT molecular complexity index is 526. The first-order chi connectivity index (χ1) is 12.0. The molecule has 0 unspecified atom stereocenters. The number of carbonyl (C=O) groups excluding carboxylic acids is 2. The number of nitrogens with zero attached hydrogens (tertiary/aromatic N) is 2. The van der Waals surface area contributed by atoms with Crippen LogP contribution in [0.4, 0.5) is 0 Å². The molecule has 25 heavy (non-hydrogen) atoms. The van der Waals surface area contributed by atoms with Gasteiger partial charge in [0.25, 0.3) is 0 Å². The summed E-state index contributed by atoms with van der Waals surface area (Å²) in [5.74, 6) is 1.33. The van der Waals surface area contributed by atoms with Crippen molar-refractivity contribution in [3.8, 4) is 0 Å². The lowest BCUT2D eigenvalue weighted by Crippen LogP contribution is -2.49. The van der Waals surface area contributed by atoms with E-state index < -0.39 is 0 Å². The number of ether oxygens (including phenoxy) is 1. The van der Waals surface area contributed by atoms with Crippen molar-refractivity contribution in [2.45, 2.75) is 69.8 Å². The van der Waals surface area contributed by atoms with Gasteiger partial charge in [0.05, 0.1) is 12.0 Å². The van der Waals surface area contributed by atoms with Crippen LogP contribution >= 0.6 is 0 Å². The Kier molecular flexibility index (Phi) is 4.55. The number of likely N-dealkylation sites (tertiary alicyclic amines) is 2. The first-order valence-corrected chi connectivity index (χ1v) is 10.1. The van der Waals surface area contributed by atoms with Crippen LogP contribution in [0.5, 0.6) is 0 Å². The van der Waals surface area contributed by atoms with Gasteiger partial charge in [-0.2, -0.15) is 0 Å². The van der Waals surface area contributed by atoms with Gasteiger partial charge in [-0.1, -0.05) is 6.42 Å². The van der Waals surface area contributed by atoms with Gasteiger partial charge in [-0.05, 0) is 50.9 Å². The minimum Gasteiger partial charge on any atom is -0.378 e. The van der Waals surface area contributed by atoms with Crippen molar-refractivity contribution in [3.05, 3.63) is 0 Å². The molecule has 0 aromatic heterocycles. The monoisotopic (exact) mass is 348 g/mol. The van der Waals surface area contributed by atoms with Crippen LogP contribution in [-0.4, -0.2) is 60.5 Å². The molecule has 0 bridgehead atoms.